The molecule has 10 nitrogen and oxygen atoms in total. The van der Waals surface area contributed by atoms with E-state index in [1.165, 1.54) is 0 Å². The van der Waals surface area contributed by atoms with E-state index in [1.54, 1.807) is 0 Å². The quantitative estimate of drug-likeness (QED) is 0.236. The van der Waals surface area contributed by atoms with Gasteiger partial charge in [0, 0.05) is 0 Å². The second-order valence-electron chi connectivity index (χ2n) is 5.00. The van der Waals surface area contributed by atoms with Crippen LogP contribution in [0.1, 0.15) is 10.4 Å². The van der Waals surface area contributed by atoms with E-state index in [9.17, 15) is 40.5 Å². The summed E-state index contributed by atoms with van der Waals surface area (Å²) in [5.41, 5.74) is -0.288. The average Bonchev–Trinajstić information content (AvgIpc) is 2.51. The van der Waals surface area contributed by atoms with Gasteiger partial charge in [-0.2, -0.15) is 0 Å². The molecule has 0 saturated carbocycles. The smallest absolute Gasteiger partial charge is 0.338 e. The van der Waals surface area contributed by atoms with E-state index in [0.29, 0.717) is 0 Å². The number of phenols is 3. The Hall–Kier alpha value is -2.11. The second kappa shape index (κ2) is 6.56. The third kappa shape index (κ3) is 3.46. The number of hydrogen-bond acceptors (Lipinski definition) is 10. The fraction of sp³-hybridized carbons (Fsp3) is 0.462. The lowest BCUT2D eigenvalue weighted by atomic mass is 9.99. The lowest BCUT2D eigenvalue weighted by Gasteiger charge is -2.37. The molecule has 23 heavy (non-hydrogen) atoms. The highest BCUT2D eigenvalue weighted by Gasteiger charge is 2.43. The number of benzene rings is 1. The summed E-state index contributed by atoms with van der Waals surface area (Å²) < 4.78 is 9.60. The number of aliphatic hydroxyl groups is 4. The van der Waals surface area contributed by atoms with Crippen LogP contribution in [0, 0.1) is 0 Å². The number of phenolic OH excluding ortho intramolecular Hbond substituents is 3. The third-order valence-corrected chi connectivity index (χ3v) is 3.37. The van der Waals surface area contributed by atoms with Crippen molar-refractivity contribution in [2.45, 2.75) is 30.7 Å². The molecule has 10 heteroatoms. The molecular formula is C13H16O10. The molecule has 1 heterocycles. The summed E-state index contributed by atoms with van der Waals surface area (Å²) in [7, 11) is 0. The van der Waals surface area contributed by atoms with Crippen LogP contribution in [-0.4, -0.2) is 79.0 Å². The third-order valence-electron chi connectivity index (χ3n) is 3.37. The maximum atomic E-state index is 11.8. The topological polar surface area (TPSA) is 177 Å². The van der Waals surface area contributed by atoms with E-state index < -0.39 is 60.5 Å². The molecule has 0 amide bonds. The Morgan fingerprint density at radius 3 is 2.13 bits per heavy atom. The zero-order valence-electron chi connectivity index (χ0n) is 11.6. The van der Waals surface area contributed by atoms with Gasteiger partial charge < -0.3 is 45.2 Å². The standard InChI is InChI=1S/C13H16O10/c14-5-1-4(2-6(15)8(5)16)12(20)22-3-7-9(17)10(18)11(19)13(21)23-7/h1-2,7,9-11,13-19,21H,3H2/t7-,9+,10+,11+,13-/m1/s1. The molecule has 0 unspecified atom stereocenters. The van der Waals surface area contributed by atoms with Gasteiger partial charge in [-0.25, -0.2) is 4.79 Å². The van der Waals surface area contributed by atoms with E-state index in [-0.39, 0.29) is 5.56 Å². The van der Waals surface area contributed by atoms with Gasteiger partial charge >= 0.3 is 5.97 Å². The number of carbonyl (C=O) groups excluding carboxylic acids is 1. The Kier molecular flexibility index (Phi) is 4.92. The average molecular weight is 332 g/mol. The molecule has 0 radical (unpaired) electrons. The van der Waals surface area contributed by atoms with Gasteiger partial charge in [-0.1, -0.05) is 0 Å². The molecule has 5 atom stereocenters. The Morgan fingerprint density at radius 2 is 1.57 bits per heavy atom. The van der Waals surface area contributed by atoms with Crippen LogP contribution in [-0.2, 0) is 9.47 Å². The number of rotatable bonds is 3. The van der Waals surface area contributed by atoms with E-state index in [0.717, 1.165) is 12.1 Å². The minimum absolute atomic E-state index is 0.288. The van der Waals surface area contributed by atoms with Crippen molar-refractivity contribution < 1.29 is 50.0 Å². The zero-order valence-corrected chi connectivity index (χ0v) is 11.6. The number of ether oxygens (including phenoxy) is 2. The molecule has 1 fully saturated rings. The number of esters is 1. The maximum Gasteiger partial charge on any atom is 0.338 e. The predicted molar refractivity (Wildman–Crippen MR) is 70.6 cm³/mol. The van der Waals surface area contributed by atoms with Crippen molar-refractivity contribution in [3.63, 3.8) is 0 Å². The predicted octanol–water partition coefficient (Wildman–Crippen LogP) is -2.24. The van der Waals surface area contributed by atoms with Gasteiger partial charge in [0.05, 0.1) is 5.56 Å². The van der Waals surface area contributed by atoms with Crippen LogP contribution in [0.2, 0.25) is 0 Å². The highest BCUT2D eigenvalue weighted by atomic mass is 16.6. The van der Waals surface area contributed by atoms with Gasteiger partial charge in [0.2, 0.25) is 0 Å². The summed E-state index contributed by atoms with van der Waals surface area (Å²) in [6.45, 7) is -0.580. The first-order valence-electron chi connectivity index (χ1n) is 6.52. The summed E-state index contributed by atoms with van der Waals surface area (Å²) in [6.07, 6.45) is -8.07. The van der Waals surface area contributed by atoms with Crippen molar-refractivity contribution in [2.75, 3.05) is 6.61 Å². The molecule has 1 aromatic rings. The minimum atomic E-state index is -1.76. The maximum absolute atomic E-state index is 11.8. The van der Waals surface area contributed by atoms with Gasteiger partial charge in [0.25, 0.3) is 0 Å². The number of aliphatic hydroxyl groups excluding tert-OH is 4. The molecule has 0 aliphatic carbocycles. The van der Waals surface area contributed by atoms with Crippen LogP contribution in [0.3, 0.4) is 0 Å². The molecular weight excluding hydrogens is 316 g/mol. The summed E-state index contributed by atoms with van der Waals surface area (Å²) in [5, 5.41) is 65.6. The highest BCUT2D eigenvalue weighted by molar-refractivity contribution is 5.91. The Labute approximate surface area is 129 Å². The van der Waals surface area contributed by atoms with Crippen molar-refractivity contribution >= 4 is 5.97 Å². The Bertz CT molecular complexity index is 565. The van der Waals surface area contributed by atoms with Crippen LogP contribution in [0.15, 0.2) is 12.1 Å². The molecule has 0 aromatic heterocycles. The van der Waals surface area contributed by atoms with Gasteiger partial charge in [-0.3, -0.25) is 0 Å². The van der Waals surface area contributed by atoms with Crippen LogP contribution in [0.5, 0.6) is 17.2 Å². The van der Waals surface area contributed by atoms with Crippen molar-refractivity contribution in [2.24, 2.45) is 0 Å². The molecule has 1 aliphatic heterocycles. The first kappa shape index (κ1) is 17.2. The molecule has 128 valence electrons. The van der Waals surface area contributed by atoms with E-state index in [2.05, 4.69) is 0 Å². The highest BCUT2D eigenvalue weighted by Crippen LogP contribution is 2.35. The SMILES string of the molecule is O=C(OC[C@H]1O[C@@H](O)[C@@H](O)[C@@H](O)[C@H]1O)c1cc(O)c(O)c(O)c1. The minimum Gasteiger partial charge on any atom is -0.504 e. The fourth-order valence-electron chi connectivity index (χ4n) is 2.03. The number of hydrogen-bond donors (Lipinski definition) is 7. The van der Waals surface area contributed by atoms with E-state index in [4.69, 9.17) is 9.47 Å². The molecule has 1 aromatic carbocycles. The molecule has 0 bridgehead atoms. The Balaban J connectivity index is 2.02. The number of aromatic hydroxyl groups is 3. The van der Waals surface area contributed by atoms with Gasteiger partial charge in [0.1, 0.15) is 31.0 Å². The summed E-state index contributed by atoms with van der Waals surface area (Å²) in [5.74, 6) is -3.30. The van der Waals surface area contributed by atoms with Crippen molar-refractivity contribution in [3.05, 3.63) is 17.7 Å². The Morgan fingerprint density at radius 1 is 1.00 bits per heavy atom. The van der Waals surface area contributed by atoms with Gasteiger partial charge in [-0.05, 0) is 12.1 Å². The summed E-state index contributed by atoms with van der Waals surface area (Å²) in [6, 6.07) is 1.70. The zero-order chi connectivity index (χ0) is 17.3. The molecule has 1 aliphatic rings. The van der Waals surface area contributed by atoms with Crippen LogP contribution in [0.4, 0.5) is 0 Å². The van der Waals surface area contributed by atoms with Gasteiger partial charge in [-0.15, -0.1) is 0 Å². The summed E-state index contributed by atoms with van der Waals surface area (Å²) >= 11 is 0. The normalized spacial score (nSPS) is 30.9. The van der Waals surface area contributed by atoms with Crippen molar-refractivity contribution in [1.82, 2.24) is 0 Å². The summed E-state index contributed by atoms with van der Waals surface area (Å²) in [4.78, 5) is 11.8. The van der Waals surface area contributed by atoms with Crippen LogP contribution in [0.25, 0.3) is 0 Å². The number of carbonyl (C=O) groups is 1. The van der Waals surface area contributed by atoms with E-state index in [1.807, 2.05) is 0 Å². The monoisotopic (exact) mass is 332 g/mol. The first-order chi connectivity index (χ1) is 10.7. The van der Waals surface area contributed by atoms with Crippen LogP contribution >= 0.6 is 0 Å². The first-order valence-corrected chi connectivity index (χ1v) is 6.52. The largest absolute Gasteiger partial charge is 0.504 e. The fourth-order valence-corrected chi connectivity index (χ4v) is 2.03. The van der Waals surface area contributed by atoms with Crippen molar-refractivity contribution in [1.29, 1.82) is 0 Å². The van der Waals surface area contributed by atoms with Crippen LogP contribution < -0.4 is 0 Å². The molecule has 2 rings (SSSR count). The van der Waals surface area contributed by atoms with E-state index >= 15 is 0 Å². The van der Waals surface area contributed by atoms with Crippen molar-refractivity contribution in [3.8, 4) is 17.2 Å². The molecule has 0 spiro atoms. The molecule has 7 N–H and O–H groups in total. The lowest BCUT2D eigenvalue weighted by Crippen LogP contribution is -2.58. The second-order valence-corrected chi connectivity index (χ2v) is 5.00. The lowest BCUT2D eigenvalue weighted by molar-refractivity contribution is -0.286. The molecule has 1 saturated heterocycles. The van der Waals surface area contributed by atoms with Gasteiger partial charge in [0.15, 0.2) is 23.5 Å².